The number of hydrogen-bond donors (Lipinski definition) is 1. The molecule has 0 aliphatic heterocycles. The molecule has 0 aliphatic rings. The maximum Gasteiger partial charge on any atom is 0.264 e. The van der Waals surface area contributed by atoms with Crippen LogP contribution in [0.4, 0.5) is 5.69 Å². The van der Waals surface area contributed by atoms with Crippen LogP contribution in [-0.4, -0.2) is 44.3 Å². The van der Waals surface area contributed by atoms with Crippen molar-refractivity contribution < 1.29 is 18.0 Å². The lowest BCUT2D eigenvalue weighted by atomic mass is 10.1. The Morgan fingerprint density at radius 1 is 0.973 bits per heavy atom. The number of sulfonamides is 1. The molecule has 0 bridgehead atoms. The van der Waals surface area contributed by atoms with Gasteiger partial charge in [-0.1, -0.05) is 54.1 Å². The van der Waals surface area contributed by atoms with Crippen LogP contribution in [0.15, 0.2) is 77.7 Å². The molecule has 3 aromatic carbocycles. The minimum absolute atomic E-state index is 0.0712. The van der Waals surface area contributed by atoms with E-state index >= 15 is 0 Å². The van der Waals surface area contributed by atoms with E-state index < -0.39 is 28.5 Å². The van der Waals surface area contributed by atoms with Gasteiger partial charge in [0.1, 0.15) is 12.6 Å². The summed E-state index contributed by atoms with van der Waals surface area (Å²) < 4.78 is 28.8. The van der Waals surface area contributed by atoms with Crippen molar-refractivity contribution >= 4 is 39.1 Å². The SMILES string of the molecule is CCNC(=O)C(C)N(Cc1cccc(Cl)c1)C(=O)CN(c1cccc(C)c1C)S(=O)(=O)c1ccccc1. The number of carbonyl (C=O) groups excluding carboxylic acids is 2. The summed E-state index contributed by atoms with van der Waals surface area (Å²) in [6.45, 7) is 7.14. The average molecular weight is 542 g/mol. The van der Waals surface area contributed by atoms with Crippen LogP contribution in [0.2, 0.25) is 5.02 Å². The van der Waals surface area contributed by atoms with Crippen LogP contribution in [0.1, 0.15) is 30.5 Å². The van der Waals surface area contributed by atoms with Crippen LogP contribution >= 0.6 is 11.6 Å². The van der Waals surface area contributed by atoms with Crippen LogP contribution in [0, 0.1) is 13.8 Å². The van der Waals surface area contributed by atoms with Crippen LogP contribution in [0.25, 0.3) is 0 Å². The van der Waals surface area contributed by atoms with Gasteiger partial charge in [-0.05, 0) is 74.7 Å². The quantitative estimate of drug-likeness (QED) is 0.403. The Morgan fingerprint density at radius 3 is 2.30 bits per heavy atom. The number of benzene rings is 3. The number of amides is 2. The molecule has 1 atom stereocenters. The molecule has 3 aromatic rings. The molecule has 0 aromatic heterocycles. The van der Waals surface area contributed by atoms with Gasteiger partial charge in [0, 0.05) is 18.1 Å². The first-order chi connectivity index (χ1) is 17.6. The largest absolute Gasteiger partial charge is 0.355 e. The summed E-state index contributed by atoms with van der Waals surface area (Å²) in [4.78, 5) is 28.1. The van der Waals surface area contributed by atoms with Crippen LogP contribution in [0.5, 0.6) is 0 Å². The van der Waals surface area contributed by atoms with E-state index in [1.54, 1.807) is 68.4 Å². The molecule has 0 aliphatic carbocycles. The Hall–Kier alpha value is -3.36. The number of nitrogens with one attached hydrogen (secondary N) is 1. The van der Waals surface area contributed by atoms with E-state index in [1.165, 1.54) is 17.0 Å². The monoisotopic (exact) mass is 541 g/mol. The lowest BCUT2D eigenvalue weighted by Gasteiger charge is -2.32. The van der Waals surface area contributed by atoms with Crippen molar-refractivity contribution in [2.45, 2.75) is 45.2 Å². The Labute approximate surface area is 224 Å². The zero-order chi connectivity index (χ0) is 27.2. The highest BCUT2D eigenvalue weighted by molar-refractivity contribution is 7.92. The molecule has 0 fully saturated rings. The number of anilines is 1. The van der Waals surface area contributed by atoms with E-state index in [2.05, 4.69) is 5.32 Å². The van der Waals surface area contributed by atoms with Crippen molar-refractivity contribution in [2.75, 3.05) is 17.4 Å². The number of halogens is 1. The minimum Gasteiger partial charge on any atom is -0.355 e. The minimum atomic E-state index is -4.09. The molecule has 3 rings (SSSR count). The fourth-order valence-corrected chi connectivity index (χ4v) is 5.68. The smallest absolute Gasteiger partial charge is 0.264 e. The first kappa shape index (κ1) is 28.2. The number of likely N-dealkylation sites (N-methyl/N-ethyl adjacent to an activating group) is 1. The Morgan fingerprint density at radius 2 is 1.65 bits per heavy atom. The molecule has 0 spiro atoms. The molecule has 9 heteroatoms. The molecule has 196 valence electrons. The normalized spacial score (nSPS) is 12.0. The number of carbonyl (C=O) groups is 2. The fourth-order valence-electron chi connectivity index (χ4n) is 3.98. The van der Waals surface area contributed by atoms with E-state index in [0.29, 0.717) is 17.3 Å². The van der Waals surface area contributed by atoms with Gasteiger partial charge in [-0.3, -0.25) is 13.9 Å². The molecule has 0 saturated carbocycles. The first-order valence-corrected chi connectivity index (χ1v) is 13.8. The topological polar surface area (TPSA) is 86.8 Å². The van der Waals surface area contributed by atoms with Gasteiger partial charge >= 0.3 is 0 Å². The van der Waals surface area contributed by atoms with E-state index in [-0.39, 0.29) is 17.3 Å². The van der Waals surface area contributed by atoms with E-state index in [0.717, 1.165) is 21.0 Å². The third-order valence-electron chi connectivity index (χ3n) is 6.22. The molecule has 1 N–H and O–H groups in total. The summed E-state index contributed by atoms with van der Waals surface area (Å²) in [5, 5.41) is 3.24. The van der Waals surface area contributed by atoms with Crippen molar-refractivity contribution in [1.82, 2.24) is 10.2 Å². The van der Waals surface area contributed by atoms with Gasteiger partial charge in [-0.15, -0.1) is 0 Å². The summed E-state index contributed by atoms with van der Waals surface area (Å²) in [7, 11) is -4.09. The van der Waals surface area contributed by atoms with Crippen LogP contribution in [-0.2, 0) is 26.2 Å². The van der Waals surface area contributed by atoms with E-state index in [4.69, 9.17) is 11.6 Å². The van der Waals surface area contributed by atoms with Crippen molar-refractivity contribution in [1.29, 1.82) is 0 Å². The summed E-state index contributed by atoms with van der Waals surface area (Å²) in [5.74, 6) is -0.846. The van der Waals surface area contributed by atoms with Crippen molar-refractivity contribution in [3.05, 3.63) is 94.5 Å². The highest BCUT2D eigenvalue weighted by atomic mass is 35.5. The number of aryl methyl sites for hydroxylation is 1. The third-order valence-corrected chi connectivity index (χ3v) is 8.22. The second-order valence-corrected chi connectivity index (χ2v) is 11.1. The van der Waals surface area contributed by atoms with Gasteiger partial charge in [0.15, 0.2) is 0 Å². The molecule has 37 heavy (non-hydrogen) atoms. The molecule has 0 saturated heterocycles. The Balaban J connectivity index is 2.07. The molecule has 1 unspecified atom stereocenters. The zero-order valence-electron chi connectivity index (χ0n) is 21.4. The standard InChI is InChI=1S/C28H32ClN3O4S/c1-5-30-28(34)22(4)31(18-23-12-10-13-24(29)17-23)27(33)19-32(26-16-9-11-20(2)21(26)3)37(35,36)25-14-7-6-8-15-25/h6-17,22H,5,18-19H2,1-4H3,(H,30,34). The summed E-state index contributed by atoms with van der Waals surface area (Å²) in [6.07, 6.45) is 0. The highest BCUT2D eigenvalue weighted by Crippen LogP contribution is 2.29. The Kier molecular flexibility index (Phi) is 9.34. The molecule has 2 amide bonds. The lowest BCUT2D eigenvalue weighted by molar-refractivity contribution is -0.139. The summed E-state index contributed by atoms with van der Waals surface area (Å²) in [5.41, 5.74) is 2.77. The number of nitrogens with zero attached hydrogens (tertiary/aromatic N) is 2. The van der Waals surface area contributed by atoms with Gasteiger partial charge in [-0.25, -0.2) is 8.42 Å². The highest BCUT2D eigenvalue weighted by Gasteiger charge is 2.33. The Bertz CT molecular complexity index is 1360. The predicted molar refractivity (Wildman–Crippen MR) is 147 cm³/mol. The predicted octanol–water partition coefficient (Wildman–Crippen LogP) is 4.71. The van der Waals surface area contributed by atoms with Gasteiger partial charge < -0.3 is 10.2 Å². The van der Waals surface area contributed by atoms with Gasteiger partial charge in [0.25, 0.3) is 10.0 Å². The second-order valence-electron chi connectivity index (χ2n) is 8.77. The molecule has 0 heterocycles. The zero-order valence-corrected chi connectivity index (χ0v) is 23.0. The maximum absolute atomic E-state index is 13.8. The van der Waals surface area contributed by atoms with Crippen LogP contribution < -0.4 is 9.62 Å². The maximum atomic E-state index is 13.8. The fraction of sp³-hybridized carbons (Fsp3) is 0.286. The number of rotatable bonds is 10. The van der Waals surface area contributed by atoms with E-state index in [1.807, 2.05) is 19.9 Å². The molecule has 0 radical (unpaired) electrons. The second kappa shape index (κ2) is 12.3. The van der Waals surface area contributed by atoms with Gasteiger partial charge in [-0.2, -0.15) is 0 Å². The van der Waals surface area contributed by atoms with Crippen molar-refractivity contribution in [3.63, 3.8) is 0 Å². The van der Waals surface area contributed by atoms with Gasteiger partial charge in [0.2, 0.25) is 11.8 Å². The van der Waals surface area contributed by atoms with Crippen molar-refractivity contribution in [2.24, 2.45) is 0 Å². The van der Waals surface area contributed by atoms with Crippen molar-refractivity contribution in [3.8, 4) is 0 Å². The van der Waals surface area contributed by atoms with Crippen LogP contribution in [0.3, 0.4) is 0 Å². The lowest BCUT2D eigenvalue weighted by Crippen LogP contribution is -2.51. The molecule has 7 nitrogen and oxygen atoms in total. The van der Waals surface area contributed by atoms with Gasteiger partial charge in [0.05, 0.1) is 10.6 Å². The summed E-state index contributed by atoms with van der Waals surface area (Å²) in [6, 6.07) is 19.5. The molecular formula is C28H32ClN3O4S. The average Bonchev–Trinajstić information content (AvgIpc) is 2.88. The molecular weight excluding hydrogens is 510 g/mol. The third kappa shape index (κ3) is 6.70. The summed E-state index contributed by atoms with van der Waals surface area (Å²) >= 11 is 6.15. The number of hydrogen-bond acceptors (Lipinski definition) is 4. The first-order valence-electron chi connectivity index (χ1n) is 12.0. The van der Waals surface area contributed by atoms with E-state index in [9.17, 15) is 18.0 Å².